The van der Waals surface area contributed by atoms with Crippen molar-refractivity contribution in [2.24, 2.45) is 7.05 Å². The third-order valence-corrected chi connectivity index (χ3v) is 6.76. The molecule has 3 aromatic carbocycles. The molecule has 1 aromatic heterocycles. The van der Waals surface area contributed by atoms with Crippen molar-refractivity contribution in [3.05, 3.63) is 83.3 Å². The molecule has 4 rings (SSSR count). The highest BCUT2D eigenvalue weighted by Crippen LogP contribution is 2.27. The minimum absolute atomic E-state index is 0.0125. The molecule has 0 atom stereocenters. The van der Waals surface area contributed by atoms with E-state index in [2.05, 4.69) is 10.0 Å². The van der Waals surface area contributed by atoms with E-state index in [0.29, 0.717) is 17.1 Å². The summed E-state index contributed by atoms with van der Waals surface area (Å²) in [5.74, 6) is 0.0475. The number of para-hydroxylation sites is 4. The number of aryl methyl sites for hydroxylation is 2. The van der Waals surface area contributed by atoms with Gasteiger partial charge in [-0.2, -0.15) is 0 Å². The molecule has 1 amide bonds. The lowest BCUT2D eigenvalue weighted by molar-refractivity contribution is -0.116. The van der Waals surface area contributed by atoms with Crippen LogP contribution in [0.2, 0.25) is 0 Å². The van der Waals surface area contributed by atoms with Gasteiger partial charge < -0.3 is 10.1 Å². The van der Waals surface area contributed by atoms with Crippen molar-refractivity contribution in [1.82, 2.24) is 9.13 Å². The zero-order valence-electron chi connectivity index (χ0n) is 18.7. The highest BCUT2D eigenvalue weighted by Gasteiger charge is 2.17. The van der Waals surface area contributed by atoms with Crippen molar-refractivity contribution in [2.45, 2.75) is 17.9 Å². The number of carbonyl (C=O) groups excluding carboxylic acids is 1. The van der Waals surface area contributed by atoms with Crippen molar-refractivity contribution in [3.8, 4) is 5.75 Å². The molecule has 2 N–H and O–H groups in total. The molecule has 0 saturated carbocycles. The average Bonchev–Trinajstić information content (AvgIpc) is 3.07. The van der Waals surface area contributed by atoms with Crippen LogP contribution in [0, 0.1) is 0 Å². The molecule has 4 aromatic rings. The van der Waals surface area contributed by atoms with Crippen LogP contribution in [0.3, 0.4) is 0 Å². The molecule has 0 bridgehead atoms. The molecule has 0 aliphatic heterocycles. The summed E-state index contributed by atoms with van der Waals surface area (Å²) < 4.78 is 36.5. The van der Waals surface area contributed by atoms with Crippen LogP contribution in [-0.2, 0) is 28.4 Å². The Morgan fingerprint density at radius 2 is 1.68 bits per heavy atom. The van der Waals surface area contributed by atoms with E-state index >= 15 is 0 Å². The van der Waals surface area contributed by atoms with Gasteiger partial charge in [0.1, 0.15) is 5.75 Å². The normalized spacial score (nSPS) is 11.4. The summed E-state index contributed by atoms with van der Waals surface area (Å²) in [4.78, 5) is 25.1. The number of aromatic nitrogens is 2. The Kier molecular flexibility index (Phi) is 6.42. The molecule has 0 fully saturated rings. The first kappa shape index (κ1) is 23.1. The van der Waals surface area contributed by atoms with Gasteiger partial charge in [0, 0.05) is 25.7 Å². The van der Waals surface area contributed by atoms with Gasteiger partial charge in [0.2, 0.25) is 5.91 Å². The zero-order valence-corrected chi connectivity index (χ0v) is 19.5. The molecule has 34 heavy (non-hydrogen) atoms. The van der Waals surface area contributed by atoms with Crippen molar-refractivity contribution < 1.29 is 17.9 Å². The molecule has 1 heterocycles. The van der Waals surface area contributed by atoms with E-state index in [-0.39, 0.29) is 29.5 Å². The van der Waals surface area contributed by atoms with E-state index in [9.17, 15) is 18.0 Å². The van der Waals surface area contributed by atoms with E-state index in [1.165, 1.54) is 23.8 Å². The Hall–Kier alpha value is -4.05. The molecule has 0 unspecified atom stereocenters. The summed E-state index contributed by atoms with van der Waals surface area (Å²) in [5.41, 5.74) is 1.97. The number of nitrogens with one attached hydrogen (secondary N) is 2. The Balaban J connectivity index is 1.47. The van der Waals surface area contributed by atoms with Crippen LogP contribution in [0.25, 0.3) is 11.0 Å². The van der Waals surface area contributed by atoms with Crippen LogP contribution in [-0.4, -0.2) is 30.6 Å². The number of carbonyl (C=O) groups is 1. The maximum Gasteiger partial charge on any atom is 0.328 e. The fraction of sp³-hybridized carbons (Fsp3) is 0.167. The molecule has 0 aliphatic carbocycles. The van der Waals surface area contributed by atoms with Gasteiger partial charge in [-0.1, -0.05) is 30.3 Å². The molecule has 0 radical (unpaired) electrons. The van der Waals surface area contributed by atoms with Gasteiger partial charge in [-0.3, -0.25) is 18.7 Å². The van der Waals surface area contributed by atoms with Gasteiger partial charge in [-0.25, -0.2) is 13.2 Å². The lowest BCUT2D eigenvalue weighted by Gasteiger charge is -2.12. The number of benzene rings is 3. The van der Waals surface area contributed by atoms with E-state index in [1.807, 2.05) is 24.3 Å². The molecule has 9 nitrogen and oxygen atoms in total. The van der Waals surface area contributed by atoms with E-state index in [4.69, 9.17) is 4.74 Å². The SMILES string of the molecule is COc1ccccc1NS(=O)(=O)c1cccc(NC(=O)CCn2c(=O)n(C)c3ccccc32)c1. The first-order chi connectivity index (χ1) is 16.3. The van der Waals surface area contributed by atoms with Gasteiger partial charge in [0.05, 0.1) is 28.7 Å². The first-order valence-electron chi connectivity index (χ1n) is 10.5. The number of fused-ring (bicyclic) bond motifs is 1. The zero-order chi connectivity index (χ0) is 24.3. The van der Waals surface area contributed by atoms with Gasteiger partial charge in [-0.05, 0) is 42.5 Å². The van der Waals surface area contributed by atoms with Crippen molar-refractivity contribution in [2.75, 3.05) is 17.1 Å². The number of methoxy groups -OCH3 is 1. The number of amides is 1. The topological polar surface area (TPSA) is 111 Å². The summed E-state index contributed by atoms with van der Waals surface area (Å²) in [6, 6.07) is 20.0. The predicted molar refractivity (Wildman–Crippen MR) is 131 cm³/mol. The first-order valence-corrected chi connectivity index (χ1v) is 12.0. The average molecular weight is 481 g/mol. The number of anilines is 2. The molecule has 10 heteroatoms. The number of hydrogen-bond acceptors (Lipinski definition) is 5. The highest BCUT2D eigenvalue weighted by atomic mass is 32.2. The van der Waals surface area contributed by atoms with Gasteiger partial charge in [0.25, 0.3) is 10.0 Å². The molecule has 176 valence electrons. The highest BCUT2D eigenvalue weighted by molar-refractivity contribution is 7.92. The second kappa shape index (κ2) is 9.44. The van der Waals surface area contributed by atoms with Crippen molar-refractivity contribution in [1.29, 1.82) is 0 Å². The lowest BCUT2D eigenvalue weighted by atomic mass is 10.3. The number of sulfonamides is 1. The van der Waals surface area contributed by atoms with Crippen LogP contribution in [0.5, 0.6) is 5.75 Å². The number of imidazole rings is 1. The largest absolute Gasteiger partial charge is 0.495 e. The third kappa shape index (κ3) is 4.67. The van der Waals surface area contributed by atoms with Crippen molar-refractivity contribution >= 4 is 38.3 Å². The lowest BCUT2D eigenvalue weighted by Crippen LogP contribution is -2.24. The summed E-state index contributed by atoms with van der Waals surface area (Å²) in [5, 5.41) is 2.71. The standard InChI is InChI=1S/C24H24N4O5S/c1-27-20-11-4-5-12-21(20)28(24(27)30)15-14-23(29)25-17-8-7-9-18(16-17)34(31,32)26-19-10-3-6-13-22(19)33-2/h3-13,16,26H,14-15H2,1-2H3,(H,25,29). The molecule has 0 saturated heterocycles. The molecule has 0 aliphatic rings. The fourth-order valence-corrected chi connectivity index (χ4v) is 4.81. The predicted octanol–water partition coefficient (Wildman–Crippen LogP) is 3.18. The van der Waals surface area contributed by atoms with Crippen LogP contribution in [0.15, 0.2) is 82.5 Å². The Morgan fingerprint density at radius 3 is 2.44 bits per heavy atom. The van der Waals surface area contributed by atoms with Crippen LogP contribution in [0.4, 0.5) is 11.4 Å². The van der Waals surface area contributed by atoms with Crippen LogP contribution < -0.4 is 20.5 Å². The summed E-state index contributed by atoms with van der Waals surface area (Å²) in [7, 11) is -0.775. The summed E-state index contributed by atoms with van der Waals surface area (Å²) in [6.07, 6.45) is 0.0460. The second-order valence-corrected chi connectivity index (χ2v) is 9.30. The molecular weight excluding hydrogens is 456 g/mol. The monoisotopic (exact) mass is 480 g/mol. The fourth-order valence-electron chi connectivity index (χ4n) is 3.69. The van der Waals surface area contributed by atoms with Gasteiger partial charge in [0.15, 0.2) is 0 Å². The smallest absolute Gasteiger partial charge is 0.328 e. The van der Waals surface area contributed by atoms with Gasteiger partial charge in [-0.15, -0.1) is 0 Å². The third-order valence-electron chi connectivity index (χ3n) is 5.39. The molecule has 0 spiro atoms. The van der Waals surface area contributed by atoms with Crippen LogP contribution in [0.1, 0.15) is 6.42 Å². The number of ether oxygens (including phenoxy) is 1. The Labute approximate surface area is 196 Å². The van der Waals surface area contributed by atoms with E-state index < -0.39 is 10.0 Å². The second-order valence-electron chi connectivity index (χ2n) is 7.61. The molecular formula is C24H24N4O5S. The minimum Gasteiger partial charge on any atom is -0.495 e. The van der Waals surface area contributed by atoms with E-state index in [0.717, 1.165) is 11.0 Å². The Bertz CT molecular complexity index is 1520. The maximum atomic E-state index is 12.9. The van der Waals surface area contributed by atoms with Gasteiger partial charge >= 0.3 is 5.69 Å². The maximum absolute atomic E-state index is 12.9. The minimum atomic E-state index is -3.92. The van der Waals surface area contributed by atoms with Crippen molar-refractivity contribution in [3.63, 3.8) is 0 Å². The summed E-state index contributed by atoms with van der Waals surface area (Å²) >= 11 is 0. The van der Waals surface area contributed by atoms with Crippen LogP contribution >= 0.6 is 0 Å². The number of nitrogens with zero attached hydrogens (tertiary/aromatic N) is 2. The van der Waals surface area contributed by atoms with E-state index in [1.54, 1.807) is 48.0 Å². The number of hydrogen-bond donors (Lipinski definition) is 2. The number of rotatable bonds is 8. The summed E-state index contributed by atoms with van der Waals surface area (Å²) in [6.45, 7) is 0.194. The Morgan fingerprint density at radius 1 is 0.971 bits per heavy atom. The quantitative estimate of drug-likeness (QED) is 0.402.